The van der Waals surface area contributed by atoms with Crippen LogP contribution in [-0.4, -0.2) is 64.4 Å². The standard InChI is InChI=1S/C18H32N4O2/c1-7-14-11-22(17-19-13(3)9-16(20-17)24-6)15(8-2)10-21(14)12-18(4,5)23/h9,14-15,23H,7-8,10-12H2,1-6H3/t14-,15+/m1/s1. The Morgan fingerprint density at radius 3 is 2.42 bits per heavy atom. The molecule has 0 bridgehead atoms. The van der Waals surface area contributed by atoms with E-state index < -0.39 is 5.60 Å². The van der Waals surface area contributed by atoms with Crippen LogP contribution in [0, 0.1) is 6.92 Å². The molecule has 1 N–H and O–H groups in total. The molecule has 0 radical (unpaired) electrons. The van der Waals surface area contributed by atoms with Gasteiger partial charge in [0.1, 0.15) is 0 Å². The highest BCUT2D eigenvalue weighted by molar-refractivity contribution is 5.37. The number of β-amino-alcohol motifs (C(OH)–C–C–N with tert-alkyl or cyclic N) is 1. The molecule has 1 aliphatic rings. The molecule has 0 spiro atoms. The second-order valence-corrected chi connectivity index (χ2v) is 7.37. The Labute approximate surface area is 145 Å². The number of anilines is 1. The van der Waals surface area contributed by atoms with Crippen molar-refractivity contribution in [3.63, 3.8) is 0 Å². The van der Waals surface area contributed by atoms with E-state index in [4.69, 9.17) is 4.74 Å². The fourth-order valence-electron chi connectivity index (χ4n) is 3.44. The van der Waals surface area contributed by atoms with E-state index in [0.717, 1.165) is 37.6 Å². The lowest BCUT2D eigenvalue weighted by atomic mass is 10.00. The van der Waals surface area contributed by atoms with E-state index in [1.165, 1.54) is 0 Å². The molecule has 1 aromatic heterocycles. The molecular formula is C18H32N4O2. The molecular weight excluding hydrogens is 304 g/mol. The Bertz CT molecular complexity index is 544. The van der Waals surface area contributed by atoms with Gasteiger partial charge in [-0.2, -0.15) is 4.98 Å². The minimum Gasteiger partial charge on any atom is -0.481 e. The summed E-state index contributed by atoms with van der Waals surface area (Å²) in [6.07, 6.45) is 2.05. The summed E-state index contributed by atoms with van der Waals surface area (Å²) in [5, 5.41) is 10.2. The van der Waals surface area contributed by atoms with E-state index in [9.17, 15) is 5.11 Å². The van der Waals surface area contributed by atoms with E-state index in [1.807, 2.05) is 26.8 Å². The Morgan fingerprint density at radius 1 is 1.21 bits per heavy atom. The van der Waals surface area contributed by atoms with E-state index in [1.54, 1.807) is 7.11 Å². The molecule has 2 heterocycles. The Hall–Kier alpha value is -1.40. The van der Waals surface area contributed by atoms with Crippen molar-refractivity contribution >= 4 is 5.95 Å². The van der Waals surface area contributed by atoms with Crippen LogP contribution in [0.3, 0.4) is 0 Å². The van der Waals surface area contributed by atoms with Gasteiger partial charge in [-0.25, -0.2) is 4.98 Å². The highest BCUT2D eigenvalue weighted by Crippen LogP contribution is 2.26. The Balaban J connectivity index is 2.27. The number of methoxy groups -OCH3 is 1. The van der Waals surface area contributed by atoms with Crippen LogP contribution in [0.15, 0.2) is 6.07 Å². The van der Waals surface area contributed by atoms with Crippen LogP contribution in [0.1, 0.15) is 46.2 Å². The van der Waals surface area contributed by atoms with E-state index in [-0.39, 0.29) is 0 Å². The molecule has 6 nitrogen and oxygen atoms in total. The van der Waals surface area contributed by atoms with Crippen LogP contribution in [0.2, 0.25) is 0 Å². The molecule has 0 saturated carbocycles. The summed E-state index contributed by atoms with van der Waals surface area (Å²) < 4.78 is 5.31. The lowest BCUT2D eigenvalue weighted by molar-refractivity contribution is 0.00981. The van der Waals surface area contributed by atoms with Gasteiger partial charge >= 0.3 is 0 Å². The van der Waals surface area contributed by atoms with Crippen LogP contribution >= 0.6 is 0 Å². The van der Waals surface area contributed by atoms with Gasteiger partial charge in [-0.3, -0.25) is 4.90 Å². The third-order valence-electron chi connectivity index (χ3n) is 4.63. The van der Waals surface area contributed by atoms with Gasteiger partial charge in [-0.1, -0.05) is 13.8 Å². The number of nitrogens with zero attached hydrogens (tertiary/aromatic N) is 4. The summed E-state index contributed by atoms with van der Waals surface area (Å²) in [4.78, 5) is 13.9. The van der Waals surface area contributed by atoms with Gasteiger partial charge in [-0.05, 0) is 33.6 Å². The monoisotopic (exact) mass is 336 g/mol. The molecule has 0 aromatic carbocycles. The minimum atomic E-state index is -0.684. The van der Waals surface area contributed by atoms with Crippen molar-refractivity contribution in [2.45, 2.75) is 65.1 Å². The van der Waals surface area contributed by atoms with E-state index in [0.29, 0.717) is 24.5 Å². The summed E-state index contributed by atoms with van der Waals surface area (Å²) in [6, 6.07) is 2.57. The number of hydrogen-bond donors (Lipinski definition) is 1. The first kappa shape index (κ1) is 18.9. The second-order valence-electron chi connectivity index (χ2n) is 7.37. The predicted molar refractivity (Wildman–Crippen MR) is 96.7 cm³/mol. The number of rotatable bonds is 6. The molecule has 1 aliphatic heterocycles. The van der Waals surface area contributed by atoms with Crippen LogP contribution < -0.4 is 9.64 Å². The van der Waals surface area contributed by atoms with Gasteiger partial charge in [0.2, 0.25) is 11.8 Å². The van der Waals surface area contributed by atoms with Crippen molar-refractivity contribution < 1.29 is 9.84 Å². The van der Waals surface area contributed by atoms with Gasteiger partial charge < -0.3 is 14.7 Å². The zero-order chi connectivity index (χ0) is 17.9. The van der Waals surface area contributed by atoms with Crippen LogP contribution in [-0.2, 0) is 0 Å². The lowest BCUT2D eigenvalue weighted by Crippen LogP contribution is -2.60. The van der Waals surface area contributed by atoms with Gasteiger partial charge in [0, 0.05) is 43.5 Å². The van der Waals surface area contributed by atoms with Gasteiger partial charge in [0.25, 0.3) is 0 Å². The molecule has 2 atom stereocenters. The molecule has 136 valence electrons. The third kappa shape index (κ3) is 4.57. The number of hydrogen-bond acceptors (Lipinski definition) is 6. The third-order valence-corrected chi connectivity index (χ3v) is 4.63. The first-order chi connectivity index (χ1) is 11.3. The van der Waals surface area contributed by atoms with Gasteiger partial charge in [0.05, 0.1) is 12.7 Å². The molecule has 0 aliphatic carbocycles. The SMILES string of the molecule is CC[C@@H]1CN(c2nc(C)cc(OC)n2)[C@@H](CC)CN1CC(C)(C)O. The zero-order valence-electron chi connectivity index (χ0n) is 15.9. The minimum absolute atomic E-state index is 0.335. The predicted octanol–water partition coefficient (Wildman–Crippen LogP) is 2.24. The fraction of sp³-hybridized carbons (Fsp3) is 0.778. The summed E-state index contributed by atoms with van der Waals surface area (Å²) in [5.41, 5.74) is 0.232. The Morgan fingerprint density at radius 2 is 1.88 bits per heavy atom. The Kier molecular flexibility index (Phi) is 6.04. The van der Waals surface area contributed by atoms with Crippen molar-refractivity contribution in [3.05, 3.63) is 11.8 Å². The van der Waals surface area contributed by atoms with Crippen molar-refractivity contribution in [1.82, 2.24) is 14.9 Å². The van der Waals surface area contributed by atoms with E-state index >= 15 is 0 Å². The summed E-state index contributed by atoms with van der Waals surface area (Å²) in [6.45, 7) is 12.6. The summed E-state index contributed by atoms with van der Waals surface area (Å²) in [5.74, 6) is 1.36. The molecule has 6 heteroatoms. The van der Waals surface area contributed by atoms with Crippen molar-refractivity contribution in [2.75, 3.05) is 31.6 Å². The molecule has 0 unspecified atom stereocenters. The lowest BCUT2D eigenvalue weighted by Gasteiger charge is -2.47. The molecule has 1 saturated heterocycles. The maximum absolute atomic E-state index is 10.2. The normalized spacial score (nSPS) is 22.7. The maximum Gasteiger partial charge on any atom is 0.229 e. The zero-order valence-corrected chi connectivity index (χ0v) is 15.9. The van der Waals surface area contributed by atoms with Crippen molar-refractivity contribution in [2.24, 2.45) is 0 Å². The smallest absolute Gasteiger partial charge is 0.229 e. The average molecular weight is 336 g/mol. The van der Waals surface area contributed by atoms with Crippen molar-refractivity contribution in [3.8, 4) is 5.88 Å². The molecule has 2 rings (SSSR count). The highest BCUT2D eigenvalue weighted by Gasteiger charge is 2.35. The molecule has 1 aromatic rings. The summed E-state index contributed by atoms with van der Waals surface area (Å²) in [7, 11) is 1.64. The second kappa shape index (κ2) is 7.66. The fourth-order valence-corrected chi connectivity index (χ4v) is 3.44. The van der Waals surface area contributed by atoms with Crippen LogP contribution in [0.25, 0.3) is 0 Å². The van der Waals surface area contributed by atoms with Crippen LogP contribution in [0.4, 0.5) is 5.95 Å². The number of piperazine rings is 1. The van der Waals surface area contributed by atoms with Crippen molar-refractivity contribution in [1.29, 1.82) is 0 Å². The molecule has 24 heavy (non-hydrogen) atoms. The number of aliphatic hydroxyl groups is 1. The first-order valence-corrected chi connectivity index (χ1v) is 8.90. The quantitative estimate of drug-likeness (QED) is 0.860. The highest BCUT2D eigenvalue weighted by atomic mass is 16.5. The summed E-state index contributed by atoms with van der Waals surface area (Å²) >= 11 is 0. The number of aromatic nitrogens is 2. The number of aryl methyl sites for hydroxylation is 1. The maximum atomic E-state index is 10.2. The van der Waals surface area contributed by atoms with Crippen LogP contribution in [0.5, 0.6) is 5.88 Å². The molecule has 0 amide bonds. The topological polar surface area (TPSA) is 61.7 Å². The number of ether oxygens (including phenoxy) is 1. The molecule has 1 fully saturated rings. The first-order valence-electron chi connectivity index (χ1n) is 8.90. The van der Waals surface area contributed by atoms with E-state index in [2.05, 4.69) is 33.6 Å². The average Bonchev–Trinajstić information content (AvgIpc) is 2.52. The van der Waals surface area contributed by atoms with Gasteiger partial charge in [0.15, 0.2) is 0 Å². The largest absolute Gasteiger partial charge is 0.481 e. The van der Waals surface area contributed by atoms with Gasteiger partial charge in [-0.15, -0.1) is 0 Å².